The zero-order chi connectivity index (χ0) is 20.5. The molecule has 148 valence electrons. The number of nitrogens with zero attached hydrogens (tertiary/aromatic N) is 3. The van der Waals surface area contributed by atoms with Crippen LogP contribution in [0, 0.1) is 20.8 Å². The van der Waals surface area contributed by atoms with Crippen molar-refractivity contribution < 1.29 is 4.74 Å². The van der Waals surface area contributed by atoms with E-state index in [-0.39, 0.29) is 5.56 Å². The lowest BCUT2D eigenvalue weighted by Gasteiger charge is -2.27. The second-order valence-corrected chi connectivity index (χ2v) is 7.05. The minimum absolute atomic E-state index is 0.157. The van der Waals surface area contributed by atoms with E-state index in [9.17, 15) is 4.79 Å². The summed E-state index contributed by atoms with van der Waals surface area (Å²) >= 11 is 0. The molecule has 0 bridgehead atoms. The Kier molecular flexibility index (Phi) is 4.80. The van der Waals surface area contributed by atoms with E-state index in [1.54, 1.807) is 18.6 Å². The smallest absolute Gasteiger partial charge is 0.257 e. The number of hydrogen-bond donors (Lipinski definition) is 2. The SMILES string of the molecule is COc1ccc([C@@H]2N=C(Nc3cccc(C)c3C)Nc3nc(C)cc(=O)n32)cc1. The summed E-state index contributed by atoms with van der Waals surface area (Å²) in [7, 11) is 1.62. The Hall–Kier alpha value is -3.61. The van der Waals surface area contributed by atoms with Gasteiger partial charge < -0.3 is 10.1 Å². The average Bonchev–Trinajstić information content (AvgIpc) is 2.70. The average molecular weight is 389 g/mol. The molecule has 2 aromatic carbocycles. The van der Waals surface area contributed by atoms with Gasteiger partial charge in [0.15, 0.2) is 6.17 Å². The summed E-state index contributed by atoms with van der Waals surface area (Å²) in [6.07, 6.45) is -0.537. The third-order valence-corrected chi connectivity index (χ3v) is 5.08. The zero-order valence-electron chi connectivity index (χ0n) is 16.9. The van der Waals surface area contributed by atoms with Crippen LogP contribution in [0.3, 0.4) is 0 Å². The van der Waals surface area contributed by atoms with Gasteiger partial charge in [0, 0.05) is 17.4 Å². The standard InChI is InChI=1S/C22H23N5O2/c1-13-6-5-7-18(15(13)3)24-21-25-20(16-8-10-17(29-4)11-9-16)27-19(28)12-14(2)23-22(27)26-21/h5-12,20H,1-4H3,(H2,23,24,25,26)/t20-/m1/s1. The van der Waals surface area contributed by atoms with E-state index in [0.717, 1.165) is 22.6 Å². The maximum Gasteiger partial charge on any atom is 0.257 e. The largest absolute Gasteiger partial charge is 0.497 e. The van der Waals surface area contributed by atoms with Crippen molar-refractivity contribution >= 4 is 17.6 Å². The first-order valence-electron chi connectivity index (χ1n) is 9.38. The number of benzene rings is 2. The van der Waals surface area contributed by atoms with Crippen LogP contribution < -0.4 is 20.9 Å². The monoisotopic (exact) mass is 389 g/mol. The molecule has 1 aliphatic rings. The molecule has 1 aliphatic heterocycles. The minimum Gasteiger partial charge on any atom is -0.497 e. The van der Waals surface area contributed by atoms with Crippen LogP contribution in [0.2, 0.25) is 0 Å². The van der Waals surface area contributed by atoms with Crippen molar-refractivity contribution in [2.75, 3.05) is 17.7 Å². The molecule has 0 aliphatic carbocycles. The van der Waals surface area contributed by atoms with Crippen LogP contribution in [0.5, 0.6) is 5.75 Å². The molecule has 3 aromatic rings. The molecular formula is C22H23N5O2. The predicted octanol–water partition coefficient (Wildman–Crippen LogP) is 3.62. The van der Waals surface area contributed by atoms with Crippen LogP contribution in [0.1, 0.15) is 28.6 Å². The molecule has 0 spiro atoms. The molecule has 1 aromatic heterocycles. The Morgan fingerprint density at radius 3 is 2.59 bits per heavy atom. The Bertz CT molecular complexity index is 1150. The summed E-state index contributed by atoms with van der Waals surface area (Å²) in [4.78, 5) is 22.0. The number of nitrogens with one attached hydrogen (secondary N) is 2. The molecule has 0 amide bonds. The highest BCUT2D eigenvalue weighted by atomic mass is 16.5. The highest BCUT2D eigenvalue weighted by Gasteiger charge is 2.25. The van der Waals surface area contributed by atoms with Crippen LogP contribution in [0.15, 0.2) is 58.3 Å². The molecule has 0 saturated carbocycles. The molecule has 7 heteroatoms. The molecule has 4 rings (SSSR count). The summed E-state index contributed by atoms with van der Waals surface area (Å²) in [6.45, 7) is 5.93. The van der Waals surface area contributed by atoms with E-state index in [4.69, 9.17) is 9.73 Å². The summed E-state index contributed by atoms with van der Waals surface area (Å²) < 4.78 is 6.81. The molecule has 0 unspecified atom stereocenters. The Morgan fingerprint density at radius 1 is 1.10 bits per heavy atom. The van der Waals surface area contributed by atoms with Gasteiger partial charge in [0.25, 0.3) is 5.56 Å². The zero-order valence-corrected chi connectivity index (χ0v) is 16.9. The predicted molar refractivity (Wildman–Crippen MR) is 115 cm³/mol. The highest BCUT2D eigenvalue weighted by Crippen LogP contribution is 2.28. The maximum atomic E-state index is 12.7. The molecule has 2 N–H and O–H groups in total. The molecule has 7 nitrogen and oxygen atoms in total. The lowest BCUT2D eigenvalue weighted by molar-refractivity contribution is 0.414. The number of aromatic nitrogens is 2. The number of anilines is 2. The molecule has 29 heavy (non-hydrogen) atoms. The third kappa shape index (κ3) is 3.59. The number of aliphatic imine (C=N–C) groups is 1. The van der Waals surface area contributed by atoms with Gasteiger partial charge in [-0.05, 0) is 55.7 Å². The lowest BCUT2D eigenvalue weighted by Crippen LogP contribution is -2.37. The summed E-state index contributed by atoms with van der Waals surface area (Å²) in [5.74, 6) is 1.74. The van der Waals surface area contributed by atoms with Crippen LogP contribution in [-0.2, 0) is 0 Å². The molecule has 0 fully saturated rings. The van der Waals surface area contributed by atoms with E-state index in [1.807, 2.05) is 36.4 Å². The van der Waals surface area contributed by atoms with Crippen molar-refractivity contribution in [1.82, 2.24) is 9.55 Å². The Labute approximate surface area is 169 Å². The van der Waals surface area contributed by atoms with Gasteiger partial charge in [-0.25, -0.2) is 9.98 Å². The van der Waals surface area contributed by atoms with Crippen molar-refractivity contribution in [3.63, 3.8) is 0 Å². The first kappa shape index (κ1) is 18.7. The first-order valence-corrected chi connectivity index (χ1v) is 9.38. The lowest BCUT2D eigenvalue weighted by atomic mass is 10.1. The number of fused-ring (bicyclic) bond motifs is 1. The molecule has 0 radical (unpaired) electrons. The molecule has 2 heterocycles. The van der Waals surface area contributed by atoms with Gasteiger partial charge in [0.2, 0.25) is 11.9 Å². The third-order valence-electron chi connectivity index (χ3n) is 5.08. The summed E-state index contributed by atoms with van der Waals surface area (Å²) in [6, 6.07) is 15.1. The van der Waals surface area contributed by atoms with Crippen molar-refractivity contribution in [2.24, 2.45) is 4.99 Å². The topological polar surface area (TPSA) is 80.5 Å². The summed E-state index contributed by atoms with van der Waals surface area (Å²) in [5, 5.41) is 6.51. The van der Waals surface area contributed by atoms with Crippen molar-refractivity contribution in [3.05, 3.63) is 81.3 Å². The van der Waals surface area contributed by atoms with Crippen molar-refractivity contribution in [3.8, 4) is 5.75 Å². The highest BCUT2D eigenvalue weighted by molar-refractivity contribution is 6.04. The van der Waals surface area contributed by atoms with Crippen LogP contribution in [0.4, 0.5) is 11.6 Å². The molecule has 1 atom stereocenters. The van der Waals surface area contributed by atoms with Gasteiger partial charge in [-0.3, -0.25) is 14.7 Å². The van der Waals surface area contributed by atoms with Crippen LogP contribution in [0.25, 0.3) is 0 Å². The van der Waals surface area contributed by atoms with Gasteiger partial charge in [0.1, 0.15) is 5.75 Å². The normalized spacial score (nSPS) is 15.2. The Morgan fingerprint density at radius 2 is 1.86 bits per heavy atom. The van der Waals surface area contributed by atoms with Crippen LogP contribution in [-0.4, -0.2) is 22.6 Å². The fraction of sp³-hybridized carbons (Fsp3) is 0.227. The fourth-order valence-electron chi connectivity index (χ4n) is 3.33. The number of rotatable bonds is 3. The van der Waals surface area contributed by atoms with Gasteiger partial charge >= 0.3 is 0 Å². The minimum atomic E-state index is -0.537. The number of hydrogen-bond acceptors (Lipinski definition) is 6. The van der Waals surface area contributed by atoms with E-state index >= 15 is 0 Å². The van der Waals surface area contributed by atoms with Gasteiger partial charge in [0.05, 0.1) is 7.11 Å². The van der Waals surface area contributed by atoms with Gasteiger partial charge in [-0.2, -0.15) is 0 Å². The van der Waals surface area contributed by atoms with Crippen LogP contribution >= 0.6 is 0 Å². The quantitative estimate of drug-likeness (QED) is 0.715. The first-order chi connectivity index (χ1) is 14.0. The fourth-order valence-corrected chi connectivity index (χ4v) is 3.33. The van der Waals surface area contributed by atoms with Crippen molar-refractivity contribution in [1.29, 1.82) is 0 Å². The van der Waals surface area contributed by atoms with E-state index in [2.05, 4.69) is 35.5 Å². The van der Waals surface area contributed by atoms with E-state index in [0.29, 0.717) is 17.6 Å². The molecular weight excluding hydrogens is 366 g/mol. The number of methoxy groups -OCH3 is 1. The maximum absolute atomic E-state index is 12.7. The number of ether oxygens (including phenoxy) is 1. The van der Waals surface area contributed by atoms with E-state index in [1.165, 1.54) is 11.6 Å². The van der Waals surface area contributed by atoms with E-state index < -0.39 is 6.17 Å². The number of guanidine groups is 1. The molecule has 0 saturated heterocycles. The second kappa shape index (κ2) is 7.43. The van der Waals surface area contributed by atoms with Gasteiger partial charge in [-0.1, -0.05) is 24.3 Å². The summed E-state index contributed by atoms with van der Waals surface area (Å²) in [5.41, 5.74) is 4.63. The second-order valence-electron chi connectivity index (χ2n) is 7.05. The Balaban J connectivity index is 1.80. The van der Waals surface area contributed by atoms with Crippen molar-refractivity contribution in [2.45, 2.75) is 26.9 Å². The van der Waals surface area contributed by atoms with Gasteiger partial charge in [-0.15, -0.1) is 0 Å². The number of aryl methyl sites for hydroxylation is 2.